The quantitative estimate of drug-likeness (QED) is 0.128. The van der Waals surface area contributed by atoms with E-state index >= 15 is 0 Å². The van der Waals surface area contributed by atoms with Crippen molar-refractivity contribution in [1.82, 2.24) is 25.8 Å². The second-order valence-electron chi connectivity index (χ2n) is 17.6. The molecule has 3 aromatic carbocycles. The molecular formula is C48H54N6O11S. The molecule has 0 radical (unpaired) electrons. The van der Waals surface area contributed by atoms with Crippen LogP contribution in [0.1, 0.15) is 84.0 Å². The number of benzene rings is 3. The normalized spacial score (nSPS) is 25.0. The second kappa shape index (κ2) is 18.5. The van der Waals surface area contributed by atoms with Gasteiger partial charge in [-0.25, -0.2) is 4.79 Å². The molecule has 2 fully saturated rings. The Labute approximate surface area is 387 Å². The number of piperazine rings is 1. The van der Waals surface area contributed by atoms with Crippen molar-refractivity contribution in [2.75, 3.05) is 33.3 Å². The predicted octanol–water partition coefficient (Wildman–Crippen LogP) is 4.08. The van der Waals surface area contributed by atoms with Gasteiger partial charge in [0.05, 0.1) is 30.5 Å². The number of aryl methyl sites for hydroxylation is 1. The highest BCUT2D eigenvalue weighted by Crippen LogP contribution is 2.64. The molecular weight excluding hydrogens is 869 g/mol. The zero-order valence-corrected chi connectivity index (χ0v) is 38.8. The molecule has 3 aromatic rings. The number of hydrogen-bond donors (Lipinski definition) is 4. The molecule has 66 heavy (non-hydrogen) atoms. The first kappa shape index (κ1) is 46.2. The first-order chi connectivity index (χ1) is 31.6. The third-order valence-electron chi connectivity index (χ3n) is 13.2. The Morgan fingerprint density at radius 3 is 2.41 bits per heavy atom. The summed E-state index contributed by atoms with van der Waals surface area (Å²) in [5, 5.41) is 30.7. The van der Waals surface area contributed by atoms with Gasteiger partial charge in [-0.1, -0.05) is 50.2 Å². The van der Waals surface area contributed by atoms with E-state index < -0.39 is 83.1 Å². The second-order valence-corrected chi connectivity index (χ2v) is 18.8. The molecule has 3 amide bonds. The molecule has 6 aliphatic heterocycles. The summed E-state index contributed by atoms with van der Waals surface area (Å²) in [5.41, 5.74) is 4.71. The molecule has 6 aliphatic rings. The Morgan fingerprint density at radius 2 is 1.73 bits per heavy atom. The minimum Gasteiger partial charge on any atom is -0.504 e. The number of esters is 2. The van der Waals surface area contributed by atoms with E-state index in [0.29, 0.717) is 45.9 Å². The first-order valence-electron chi connectivity index (χ1n) is 21.9. The Bertz CT molecular complexity index is 2550. The van der Waals surface area contributed by atoms with Crippen LogP contribution in [0, 0.1) is 31.1 Å². The highest BCUT2D eigenvalue weighted by Gasteiger charge is 2.61. The Balaban J connectivity index is 1.16. The molecule has 0 saturated carbocycles. The van der Waals surface area contributed by atoms with E-state index in [1.165, 1.54) is 38.8 Å². The minimum atomic E-state index is -1.24. The van der Waals surface area contributed by atoms with Crippen molar-refractivity contribution >= 4 is 47.5 Å². The van der Waals surface area contributed by atoms with Gasteiger partial charge < -0.3 is 44.7 Å². The fraction of sp³-hybridized carbons (Fsp3) is 0.458. The number of ether oxygens (including phenoxy) is 5. The topological polar surface area (TPSA) is 218 Å². The van der Waals surface area contributed by atoms with Crippen LogP contribution in [0.15, 0.2) is 42.5 Å². The van der Waals surface area contributed by atoms with Crippen molar-refractivity contribution in [3.05, 3.63) is 81.4 Å². The van der Waals surface area contributed by atoms with Crippen LogP contribution in [-0.2, 0) is 35.1 Å². The third kappa shape index (κ3) is 8.17. The molecule has 4 bridgehead atoms. The number of nitrogens with one attached hydrogen (secondary N) is 3. The molecule has 9 atom stereocenters. The molecule has 18 heteroatoms. The number of nitrogens with zero attached hydrogens (tertiary/aromatic N) is 3. The summed E-state index contributed by atoms with van der Waals surface area (Å²) >= 11 is 1.30. The van der Waals surface area contributed by atoms with Gasteiger partial charge in [0, 0.05) is 53.1 Å². The zero-order valence-electron chi connectivity index (χ0n) is 38.0. The number of thioether (sulfide) groups is 1. The summed E-state index contributed by atoms with van der Waals surface area (Å²) in [6, 6.07) is 7.24. The highest BCUT2D eigenvalue weighted by atomic mass is 32.2. The van der Waals surface area contributed by atoms with Gasteiger partial charge in [0.15, 0.2) is 23.0 Å². The summed E-state index contributed by atoms with van der Waals surface area (Å²) in [6.07, 6.45) is 3.37. The van der Waals surface area contributed by atoms with Crippen molar-refractivity contribution in [1.29, 1.82) is 5.26 Å². The molecule has 17 nitrogen and oxygen atoms in total. The number of nitriles is 1. The third-order valence-corrected chi connectivity index (χ3v) is 14.6. The van der Waals surface area contributed by atoms with Gasteiger partial charge in [0.1, 0.15) is 36.5 Å². The Kier molecular flexibility index (Phi) is 13.0. The average molecular weight is 923 g/mol. The Morgan fingerprint density at radius 1 is 1.00 bits per heavy atom. The van der Waals surface area contributed by atoms with Crippen LogP contribution in [0.25, 0.3) is 6.08 Å². The number of rotatable bonds is 10. The molecule has 348 valence electrons. The maximum absolute atomic E-state index is 14.3. The number of methoxy groups -OCH3 is 1. The van der Waals surface area contributed by atoms with Gasteiger partial charge in [-0.3, -0.25) is 29.0 Å². The number of fused-ring (bicyclic) bond motifs is 10. The highest BCUT2D eigenvalue weighted by molar-refractivity contribution is 7.99. The number of phenols is 1. The van der Waals surface area contributed by atoms with Crippen LogP contribution in [-0.4, -0.2) is 114 Å². The lowest BCUT2D eigenvalue weighted by Gasteiger charge is -2.61. The summed E-state index contributed by atoms with van der Waals surface area (Å²) < 4.78 is 30.1. The van der Waals surface area contributed by atoms with Crippen molar-refractivity contribution in [3.63, 3.8) is 0 Å². The van der Waals surface area contributed by atoms with E-state index in [-0.39, 0.29) is 36.7 Å². The van der Waals surface area contributed by atoms with Crippen LogP contribution < -0.4 is 34.9 Å². The number of amides is 3. The van der Waals surface area contributed by atoms with Crippen molar-refractivity contribution in [2.45, 2.75) is 102 Å². The number of aromatic hydroxyl groups is 1. The fourth-order valence-corrected chi connectivity index (χ4v) is 11.7. The zero-order chi connectivity index (χ0) is 47.3. The molecule has 3 unspecified atom stereocenters. The maximum Gasteiger partial charge on any atom is 0.329 e. The lowest BCUT2D eigenvalue weighted by Crippen LogP contribution is -2.69. The van der Waals surface area contributed by atoms with Gasteiger partial charge >= 0.3 is 11.9 Å². The lowest BCUT2D eigenvalue weighted by atomic mass is 9.71. The summed E-state index contributed by atoms with van der Waals surface area (Å²) in [5.74, 6) is -2.27. The van der Waals surface area contributed by atoms with Gasteiger partial charge in [-0.2, -0.15) is 5.26 Å². The van der Waals surface area contributed by atoms with Gasteiger partial charge in [0.25, 0.3) is 0 Å². The fourth-order valence-electron chi connectivity index (χ4n) is 10.2. The van der Waals surface area contributed by atoms with Crippen molar-refractivity contribution in [2.24, 2.45) is 5.92 Å². The van der Waals surface area contributed by atoms with E-state index in [1.807, 2.05) is 50.4 Å². The number of likely N-dealkylation sites (N-methyl/N-ethyl adjacent to an activating group) is 1. The van der Waals surface area contributed by atoms with E-state index in [0.717, 1.165) is 16.7 Å². The molecule has 0 aliphatic carbocycles. The number of carbonyl (C=O) groups is 5. The molecule has 2 saturated heterocycles. The van der Waals surface area contributed by atoms with Crippen LogP contribution in [0.2, 0.25) is 0 Å². The van der Waals surface area contributed by atoms with E-state index in [9.17, 15) is 34.3 Å². The standard InChI is InChI=1S/C48H54N6O11S/c1-22(2)37(52-46(58)25(5)50-33(56)15-14-27-12-10-9-11-13-27)47(59)51-29-20-66-45-36-35(44-43(63-21-64-44)24(4)42(36)65-26(6)55)32(19-62-48(29)60)54-31(18-49)30-17-28-16-23(3)41(61-8)40(57)34(28)38(39(45)54)53(30)7/h9-16,22,25,29-32,37-39,45,57H,17,19-21H2,1-8H3,(H,50,56)(H,51,59)(H,52,58)/b15-14+/t25?,29-,30-,31-,32+,37?,38+,39?,45+/m0/s1. The number of hydrogen-bond acceptors (Lipinski definition) is 15. The van der Waals surface area contributed by atoms with Crippen LogP contribution in [0.4, 0.5) is 0 Å². The maximum atomic E-state index is 14.3. The van der Waals surface area contributed by atoms with Crippen LogP contribution >= 0.6 is 11.8 Å². The van der Waals surface area contributed by atoms with Crippen molar-refractivity contribution in [3.8, 4) is 34.8 Å². The number of phenolic OH excluding ortho intramolecular Hbond substituents is 1. The molecule has 0 spiro atoms. The number of carbonyl (C=O) groups excluding carboxylic acids is 5. The van der Waals surface area contributed by atoms with Gasteiger partial charge in [-0.15, -0.1) is 11.8 Å². The van der Waals surface area contributed by atoms with Gasteiger partial charge in [-0.05, 0) is 62.9 Å². The molecule has 9 rings (SSSR count). The summed E-state index contributed by atoms with van der Waals surface area (Å²) in [7, 11) is 3.43. The lowest BCUT2D eigenvalue weighted by molar-refractivity contribution is -0.153. The average Bonchev–Trinajstić information content (AvgIpc) is 3.77. The Hall–Kier alpha value is -6.29. The summed E-state index contributed by atoms with van der Waals surface area (Å²) in [6.45, 7) is 9.51. The predicted molar refractivity (Wildman–Crippen MR) is 242 cm³/mol. The van der Waals surface area contributed by atoms with E-state index in [4.69, 9.17) is 23.7 Å². The minimum absolute atomic E-state index is 0.0192. The van der Waals surface area contributed by atoms with Gasteiger partial charge in [0.2, 0.25) is 24.5 Å². The summed E-state index contributed by atoms with van der Waals surface area (Å²) in [4.78, 5) is 71.8. The molecule has 4 N–H and O–H groups in total. The molecule has 6 heterocycles. The van der Waals surface area contributed by atoms with Crippen LogP contribution in [0.3, 0.4) is 0 Å². The van der Waals surface area contributed by atoms with E-state index in [1.54, 1.807) is 26.8 Å². The van der Waals surface area contributed by atoms with Crippen molar-refractivity contribution < 1.29 is 52.8 Å². The largest absolute Gasteiger partial charge is 0.504 e. The van der Waals surface area contributed by atoms with E-state index in [2.05, 4.69) is 31.8 Å². The SMILES string of the molecule is COc1c(C)cc2c(c1O)[C@@H]1C3[C@@H]4SC[C@H](NC(=O)C(NC(=O)C(C)NC(=O)/C=C/c5ccccc5)C(C)C)C(=O)OC[C@H](c5c6c(c(C)c(OC(C)=O)c54)OCO6)N3[C@@H](C#N)[C@H](C2)N1C. The molecule has 0 aromatic heterocycles. The first-order valence-corrected chi connectivity index (χ1v) is 23.0. The monoisotopic (exact) mass is 922 g/mol. The van der Waals surface area contributed by atoms with Crippen LogP contribution in [0.5, 0.6) is 28.7 Å². The smallest absolute Gasteiger partial charge is 0.329 e.